The van der Waals surface area contributed by atoms with Crippen molar-refractivity contribution in [2.45, 2.75) is 18.3 Å². The van der Waals surface area contributed by atoms with Gasteiger partial charge in [0.15, 0.2) is 5.82 Å². The molecule has 4 rings (SSSR count). The van der Waals surface area contributed by atoms with Gasteiger partial charge in [0.05, 0.1) is 6.61 Å². The lowest BCUT2D eigenvalue weighted by molar-refractivity contribution is 0.172. The highest BCUT2D eigenvalue weighted by molar-refractivity contribution is 5.63. The summed E-state index contributed by atoms with van der Waals surface area (Å²) in [6.07, 6.45) is 7.27. The van der Waals surface area contributed by atoms with Crippen LogP contribution in [0.4, 0.5) is 5.82 Å². The maximum atomic E-state index is 10.2. The minimum atomic E-state index is -0.256. The normalized spacial score (nSPS) is 21.7. The second-order valence-electron chi connectivity index (χ2n) is 6.14. The summed E-state index contributed by atoms with van der Waals surface area (Å²) in [5, 5.41) is 18.3. The van der Waals surface area contributed by atoms with E-state index in [1.165, 1.54) is 5.56 Å². The van der Waals surface area contributed by atoms with Crippen molar-refractivity contribution in [1.29, 1.82) is 0 Å². The van der Waals surface area contributed by atoms with Crippen molar-refractivity contribution in [2.75, 3.05) is 24.6 Å². The van der Waals surface area contributed by atoms with Crippen molar-refractivity contribution in [3.63, 3.8) is 0 Å². The molecule has 1 unspecified atom stereocenters. The van der Waals surface area contributed by atoms with E-state index in [4.69, 9.17) is 0 Å². The van der Waals surface area contributed by atoms with Gasteiger partial charge in [-0.2, -0.15) is 0 Å². The first kappa shape index (κ1) is 14.1. The number of anilines is 1. The lowest BCUT2D eigenvalue weighted by atomic mass is 9.75. The average molecular weight is 309 g/mol. The fourth-order valence-corrected chi connectivity index (χ4v) is 3.53. The van der Waals surface area contributed by atoms with Gasteiger partial charge in [-0.1, -0.05) is 30.3 Å². The zero-order valence-electron chi connectivity index (χ0n) is 12.8. The molecule has 1 N–H and O–H groups in total. The van der Waals surface area contributed by atoms with Crippen LogP contribution in [0.25, 0.3) is 5.65 Å². The summed E-state index contributed by atoms with van der Waals surface area (Å²) >= 11 is 0. The van der Waals surface area contributed by atoms with Crippen molar-refractivity contribution in [2.24, 2.45) is 0 Å². The molecule has 1 saturated heterocycles. The molecule has 0 radical (unpaired) electrons. The number of aliphatic hydroxyl groups is 1. The molecular formula is C17H19N5O. The Morgan fingerprint density at radius 2 is 2.09 bits per heavy atom. The number of hydrogen-bond donors (Lipinski definition) is 1. The van der Waals surface area contributed by atoms with Crippen molar-refractivity contribution in [1.82, 2.24) is 19.6 Å². The molecule has 0 saturated carbocycles. The van der Waals surface area contributed by atoms with Crippen LogP contribution in [0.2, 0.25) is 0 Å². The smallest absolute Gasteiger partial charge is 0.203 e. The molecule has 1 atom stereocenters. The van der Waals surface area contributed by atoms with Gasteiger partial charge in [0.25, 0.3) is 0 Å². The van der Waals surface area contributed by atoms with E-state index in [-0.39, 0.29) is 12.0 Å². The topological polar surface area (TPSA) is 66.5 Å². The molecule has 0 bridgehead atoms. The Morgan fingerprint density at radius 1 is 1.22 bits per heavy atom. The highest BCUT2D eigenvalue weighted by atomic mass is 16.3. The highest BCUT2D eigenvalue weighted by Gasteiger charge is 2.37. The lowest BCUT2D eigenvalue weighted by Crippen LogP contribution is -2.48. The van der Waals surface area contributed by atoms with Crippen LogP contribution in [-0.4, -0.2) is 44.4 Å². The molecule has 1 aliphatic heterocycles. The maximum absolute atomic E-state index is 10.2. The molecule has 1 aliphatic rings. The van der Waals surface area contributed by atoms with E-state index in [9.17, 15) is 5.11 Å². The molecule has 1 aromatic carbocycles. The Kier molecular flexibility index (Phi) is 3.46. The SMILES string of the molecule is OCC1(c2ccccc2)CCCN(c2nccn3cnnc23)C1. The minimum Gasteiger partial charge on any atom is -0.395 e. The zero-order chi connectivity index (χ0) is 15.7. The summed E-state index contributed by atoms with van der Waals surface area (Å²) in [4.78, 5) is 6.74. The van der Waals surface area contributed by atoms with E-state index in [1.54, 1.807) is 12.5 Å². The third-order valence-electron chi connectivity index (χ3n) is 4.76. The Labute approximate surface area is 134 Å². The molecule has 1 fully saturated rings. The summed E-state index contributed by atoms with van der Waals surface area (Å²) < 4.78 is 1.88. The molecule has 2 aromatic heterocycles. The summed E-state index contributed by atoms with van der Waals surface area (Å²) in [7, 11) is 0. The van der Waals surface area contributed by atoms with E-state index in [2.05, 4.69) is 32.2 Å². The molecule has 6 nitrogen and oxygen atoms in total. The van der Waals surface area contributed by atoms with Gasteiger partial charge >= 0.3 is 0 Å². The Morgan fingerprint density at radius 3 is 2.91 bits per heavy atom. The van der Waals surface area contributed by atoms with Gasteiger partial charge in [-0.3, -0.25) is 4.40 Å². The first-order valence-electron chi connectivity index (χ1n) is 7.88. The quantitative estimate of drug-likeness (QED) is 0.797. The van der Waals surface area contributed by atoms with Gasteiger partial charge < -0.3 is 10.0 Å². The molecule has 118 valence electrons. The monoisotopic (exact) mass is 309 g/mol. The van der Waals surface area contributed by atoms with Crippen LogP contribution < -0.4 is 4.90 Å². The van der Waals surface area contributed by atoms with E-state index in [1.807, 2.05) is 28.8 Å². The van der Waals surface area contributed by atoms with Crippen LogP contribution in [0.3, 0.4) is 0 Å². The largest absolute Gasteiger partial charge is 0.395 e. The number of hydrogen-bond acceptors (Lipinski definition) is 5. The maximum Gasteiger partial charge on any atom is 0.203 e. The third-order valence-corrected chi connectivity index (χ3v) is 4.76. The first-order chi connectivity index (χ1) is 11.3. The number of rotatable bonds is 3. The molecule has 3 aromatic rings. The second-order valence-corrected chi connectivity index (χ2v) is 6.14. The van der Waals surface area contributed by atoms with Crippen molar-refractivity contribution >= 4 is 11.5 Å². The summed E-state index contributed by atoms with van der Waals surface area (Å²) in [6, 6.07) is 10.3. The zero-order valence-corrected chi connectivity index (χ0v) is 12.8. The fourth-order valence-electron chi connectivity index (χ4n) is 3.53. The first-order valence-corrected chi connectivity index (χ1v) is 7.88. The lowest BCUT2D eigenvalue weighted by Gasteiger charge is -2.42. The third kappa shape index (κ3) is 2.35. The fraction of sp³-hybridized carbons (Fsp3) is 0.353. The van der Waals surface area contributed by atoms with Gasteiger partial charge in [-0.25, -0.2) is 4.98 Å². The standard InChI is InChI=1S/C17H19N5O/c23-12-17(14-5-2-1-3-6-14)7-4-9-21(11-17)15-16-20-19-13-22(16)10-8-18-15/h1-3,5-6,8,10,13,23H,4,7,9,11-12H2. The molecule has 3 heterocycles. The van der Waals surface area contributed by atoms with E-state index >= 15 is 0 Å². The predicted octanol–water partition coefficient (Wildman–Crippen LogP) is 1.65. The molecule has 6 heteroatoms. The van der Waals surface area contributed by atoms with E-state index in [0.717, 1.165) is 37.4 Å². The van der Waals surface area contributed by atoms with Gasteiger partial charge in [0.2, 0.25) is 5.65 Å². The van der Waals surface area contributed by atoms with Gasteiger partial charge in [0, 0.05) is 30.9 Å². The molecule has 23 heavy (non-hydrogen) atoms. The van der Waals surface area contributed by atoms with Gasteiger partial charge in [-0.05, 0) is 18.4 Å². The Bertz CT molecular complexity index is 803. The Hall–Kier alpha value is -2.47. The van der Waals surface area contributed by atoms with Gasteiger partial charge in [0.1, 0.15) is 6.33 Å². The minimum absolute atomic E-state index is 0.128. The Balaban J connectivity index is 1.73. The van der Waals surface area contributed by atoms with Gasteiger partial charge in [-0.15, -0.1) is 10.2 Å². The number of aliphatic hydroxyl groups excluding tert-OH is 1. The van der Waals surface area contributed by atoms with Crippen molar-refractivity contribution in [3.8, 4) is 0 Å². The van der Waals surface area contributed by atoms with E-state index < -0.39 is 0 Å². The number of nitrogens with zero attached hydrogens (tertiary/aromatic N) is 5. The van der Waals surface area contributed by atoms with Crippen LogP contribution in [0.15, 0.2) is 49.1 Å². The number of benzene rings is 1. The van der Waals surface area contributed by atoms with Crippen LogP contribution in [-0.2, 0) is 5.41 Å². The highest BCUT2D eigenvalue weighted by Crippen LogP contribution is 2.35. The van der Waals surface area contributed by atoms with Crippen LogP contribution >= 0.6 is 0 Å². The second kappa shape index (κ2) is 5.62. The number of fused-ring (bicyclic) bond motifs is 1. The summed E-state index contributed by atoms with van der Waals surface area (Å²) in [5.41, 5.74) is 1.68. The molecular weight excluding hydrogens is 290 g/mol. The summed E-state index contributed by atoms with van der Waals surface area (Å²) in [6.45, 7) is 1.77. The van der Waals surface area contributed by atoms with Crippen LogP contribution in [0.1, 0.15) is 18.4 Å². The number of piperidine rings is 1. The molecule has 0 spiro atoms. The number of aromatic nitrogens is 4. The van der Waals surface area contributed by atoms with E-state index in [0.29, 0.717) is 0 Å². The van der Waals surface area contributed by atoms with Crippen LogP contribution in [0, 0.1) is 0 Å². The average Bonchev–Trinajstić information content (AvgIpc) is 3.11. The predicted molar refractivity (Wildman–Crippen MR) is 87.4 cm³/mol. The van der Waals surface area contributed by atoms with Crippen molar-refractivity contribution < 1.29 is 5.11 Å². The molecule has 0 aliphatic carbocycles. The molecule has 0 amide bonds. The summed E-state index contributed by atoms with van der Waals surface area (Å²) in [5.74, 6) is 0.832. The van der Waals surface area contributed by atoms with Crippen LogP contribution in [0.5, 0.6) is 0 Å². The van der Waals surface area contributed by atoms with Crippen molar-refractivity contribution in [3.05, 3.63) is 54.6 Å².